The first-order valence-corrected chi connectivity index (χ1v) is 11.1. The van der Waals surface area contributed by atoms with Gasteiger partial charge < -0.3 is 19.4 Å². The maximum atomic E-state index is 12.1. The van der Waals surface area contributed by atoms with Crippen molar-refractivity contribution < 1.29 is 19.1 Å². The van der Waals surface area contributed by atoms with Crippen molar-refractivity contribution in [3.8, 4) is 22.9 Å². The van der Waals surface area contributed by atoms with Crippen LogP contribution in [-0.4, -0.2) is 45.7 Å². The minimum atomic E-state index is -0.614. The van der Waals surface area contributed by atoms with Crippen LogP contribution in [0.3, 0.4) is 0 Å². The molecule has 0 saturated heterocycles. The Morgan fingerprint density at radius 2 is 1.91 bits per heavy atom. The van der Waals surface area contributed by atoms with Gasteiger partial charge >= 0.3 is 6.03 Å². The molecule has 2 aromatic carbocycles. The van der Waals surface area contributed by atoms with Gasteiger partial charge in [0.2, 0.25) is 5.91 Å². The number of aromatic nitrogens is 3. The predicted molar refractivity (Wildman–Crippen MR) is 121 cm³/mol. The first kappa shape index (κ1) is 22.0. The molecule has 0 spiro atoms. The lowest BCUT2D eigenvalue weighted by atomic mass is 10.2. The van der Waals surface area contributed by atoms with E-state index in [1.54, 1.807) is 24.3 Å². The van der Waals surface area contributed by atoms with Crippen LogP contribution in [0.25, 0.3) is 11.4 Å². The largest absolute Gasteiger partial charge is 0.486 e. The van der Waals surface area contributed by atoms with Crippen molar-refractivity contribution in [3.05, 3.63) is 47.5 Å². The molecule has 4 rings (SSSR count). The van der Waals surface area contributed by atoms with Gasteiger partial charge in [-0.1, -0.05) is 35.5 Å². The molecule has 3 amide bonds. The quantitative estimate of drug-likeness (QED) is 0.525. The predicted octanol–water partition coefficient (Wildman–Crippen LogP) is 3.74. The molecule has 0 bridgehead atoms. The molecule has 0 aliphatic carbocycles. The van der Waals surface area contributed by atoms with E-state index in [2.05, 4.69) is 20.8 Å². The monoisotopic (exact) mass is 473 g/mol. The Bertz CT molecular complexity index is 1150. The van der Waals surface area contributed by atoms with E-state index >= 15 is 0 Å². The van der Waals surface area contributed by atoms with Crippen LogP contribution >= 0.6 is 23.4 Å². The smallest absolute Gasteiger partial charge is 0.325 e. The fourth-order valence-corrected chi connectivity index (χ4v) is 4.09. The van der Waals surface area contributed by atoms with Crippen LogP contribution in [0.1, 0.15) is 6.42 Å². The van der Waals surface area contributed by atoms with Gasteiger partial charge in [0.1, 0.15) is 13.2 Å². The minimum absolute atomic E-state index is 0.132. The molecule has 166 valence electrons. The number of nitrogens with one attached hydrogen (secondary N) is 2. The molecule has 1 aliphatic heterocycles. The zero-order valence-electron chi connectivity index (χ0n) is 17.1. The van der Waals surface area contributed by atoms with E-state index in [1.807, 2.05) is 29.8 Å². The molecular weight excluding hydrogens is 454 g/mol. The van der Waals surface area contributed by atoms with E-state index in [-0.39, 0.29) is 6.42 Å². The number of urea groups is 1. The molecule has 32 heavy (non-hydrogen) atoms. The van der Waals surface area contributed by atoms with E-state index in [0.29, 0.717) is 52.2 Å². The summed E-state index contributed by atoms with van der Waals surface area (Å²) in [7, 11) is 1.84. The highest BCUT2D eigenvalue weighted by atomic mass is 35.5. The molecule has 2 N–H and O–H groups in total. The number of amides is 3. The number of carbonyl (C=O) groups excluding carboxylic acids is 2. The third-order valence-corrected chi connectivity index (χ3v) is 5.91. The SMILES string of the molecule is Cn1c(SCCC(=O)NC(=O)Nc2ccc3c(c2)OCCO3)nnc1-c1ccccc1Cl. The van der Waals surface area contributed by atoms with E-state index in [0.717, 1.165) is 5.56 Å². The van der Waals surface area contributed by atoms with E-state index < -0.39 is 11.9 Å². The van der Waals surface area contributed by atoms with E-state index in [4.69, 9.17) is 21.1 Å². The topological polar surface area (TPSA) is 107 Å². The first-order chi connectivity index (χ1) is 15.5. The highest BCUT2D eigenvalue weighted by molar-refractivity contribution is 7.99. The lowest BCUT2D eigenvalue weighted by Crippen LogP contribution is -2.34. The van der Waals surface area contributed by atoms with Gasteiger partial charge in [0.25, 0.3) is 0 Å². The van der Waals surface area contributed by atoms with Gasteiger partial charge in [-0.25, -0.2) is 4.79 Å². The maximum absolute atomic E-state index is 12.1. The Kier molecular flexibility index (Phi) is 6.81. The van der Waals surface area contributed by atoms with E-state index in [9.17, 15) is 9.59 Å². The minimum Gasteiger partial charge on any atom is -0.486 e. The third kappa shape index (κ3) is 5.14. The van der Waals surface area contributed by atoms with Gasteiger partial charge in [0.15, 0.2) is 22.5 Å². The average Bonchev–Trinajstić information content (AvgIpc) is 3.14. The zero-order valence-corrected chi connectivity index (χ0v) is 18.7. The van der Waals surface area contributed by atoms with Crippen molar-refractivity contribution in [2.45, 2.75) is 11.6 Å². The number of hydrogen-bond donors (Lipinski definition) is 2. The summed E-state index contributed by atoms with van der Waals surface area (Å²) in [6, 6.07) is 11.8. The summed E-state index contributed by atoms with van der Waals surface area (Å²) in [5.74, 6) is 1.84. The Morgan fingerprint density at radius 3 is 2.72 bits per heavy atom. The third-order valence-electron chi connectivity index (χ3n) is 4.56. The summed E-state index contributed by atoms with van der Waals surface area (Å²) in [4.78, 5) is 24.2. The van der Waals surface area contributed by atoms with Crippen molar-refractivity contribution in [3.63, 3.8) is 0 Å². The molecule has 0 saturated carbocycles. The Balaban J connectivity index is 1.26. The second kappa shape index (κ2) is 9.92. The number of fused-ring (bicyclic) bond motifs is 1. The number of thioether (sulfide) groups is 1. The van der Waals surface area contributed by atoms with Crippen molar-refractivity contribution >= 4 is 41.0 Å². The molecule has 1 aromatic heterocycles. The summed E-state index contributed by atoms with van der Waals surface area (Å²) in [5, 5.41) is 14.5. The highest BCUT2D eigenvalue weighted by Gasteiger charge is 2.16. The normalized spacial score (nSPS) is 12.3. The molecule has 0 radical (unpaired) electrons. The van der Waals surface area contributed by atoms with Crippen molar-refractivity contribution in [2.24, 2.45) is 7.05 Å². The lowest BCUT2D eigenvalue weighted by molar-refractivity contribution is -0.119. The van der Waals surface area contributed by atoms with Crippen molar-refractivity contribution in [1.29, 1.82) is 0 Å². The Hall–Kier alpha value is -3.24. The fraction of sp³-hybridized carbons (Fsp3) is 0.238. The first-order valence-electron chi connectivity index (χ1n) is 9.79. The summed E-state index contributed by atoms with van der Waals surface area (Å²) < 4.78 is 12.7. The van der Waals surface area contributed by atoms with Crippen LogP contribution < -0.4 is 20.1 Å². The molecule has 0 unspecified atom stereocenters. The zero-order chi connectivity index (χ0) is 22.5. The Labute approximate surface area is 193 Å². The standard InChI is InChI=1S/C21H20ClN5O4S/c1-27-19(14-4-2-3-5-15(14)22)25-26-21(27)32-11-8-18(28)24-20(29)23-13-6-7-16-17(12-13)31-10-9-30-16/h2-7,12H,8-11H2,1H3,(H2,23,24,28,29). The molecule has 2 heterocycles. The van der Waals surface area contributed by atoms with Crippen LogP contribution in [0.2, 0.25) is 5.02 Å². The molecule has 9 nitrogen and oxygen atoms in total. The number of anilines is 1. The van der Waals surface area contributed by atoms with Crippen molar-refractivity contribution in [1.82, 2.24) is 20.1 Å². The average molecular weight is 474 g/mol. The van der Waals surface area contributed by atoms with Crippen molar-refractivity contribution in [2.75, 3.05) is 24.3 Å². The number of benzene rings is 2. The lowest BCUT2D eigenvalue weighted by Gasteiger charge is -2.19. The van der Waals surface area contributed by atoms with Crippen LogP contribution in [0.15, 0.2) is 47.6 Å². The summed E-state index contributed by atoms with van der Waals surface area (Å²) in [6.07, 6.45) is 0.132. The van der Waals surface area contributed by atoms with Crippen LogP contribution in [0.5, 0.6) is 11.5 Å². The van der Waals surface area contributed by atoms with Crippen LogP contribution in [0, 0.1) is 0 Å². The molecule has 0 atom stereocenters. The molecule has 0 fully saturated rings. The summed E-state index contributed by atoms with van der Waals surface area (Å²) in [5.41, 5.74) is 1.28. The fourth-order valence-electron chi connectivity index (χ4n) is 3.03. The van der Waals surface area contributed by atoms with Crippen LogP contribution in [-0.2, 0) is 11.8 Å². The number of ether oxygens (including phenoxy) is 2. The number of carbonyl (C=O) groups is 2. The summed E-state index contributed by atoms with van der Waals surface area (Å²) in [6.45, 7) is 0.937. The molecule has 3 aromatic rings. The molecular formula is C21H20ClN5O4S. The number of hydrogen-bond acceptors (Lipinski definition) is 7. The number of rotatable bonds is 6. The maximum Gasteiger partial charge on any atom is 0.325 e. The number of imide groups is 1. The van der Waals surface area contributed by atoms with Gasteiger partial charge in [-0.05, 0) is 24.3 Å². The molecule has 1 aliphatic rings. The van der Waals surface area contributed by atoms with Gasteiger partial charge in [-0.3, -0.25) is 10.1 Å². The highest BCUT2D eigenvalue weighted by Crippen LogP contribution is 2.32. The van der Waals surface area contributed by atoms with Gasteiger partial charge in [0, 0.05) is 36.5 Å². The number of nitrogens with zero attached hydrogens (tertiary/aromatic N) is 3. The molecule has 11 heteroatoms. The second-order valence-corrected chi connectivity index (χ2v) is 8.27. The summed E-state index contributed by atoms with van der Waals surface area (Å²) >= 11 is 7.60. The van der Waals surface area contributed by atoms with Gasteiger partial charge in [0.05, 0.1) is 5.02 Å². The van der Waals surface area contributed by atoms with Gasteiger partial charge in [-0.15, -0.1) is 10.2 Å². The number of halogens is 1. The Morgan fingerprint density at radius 1 is 1.12 bits per heavy atom. The van der Waals surface area contributed by atoms with Crippen LogP contribution in [0.4, 0.5) is 10.5 Å². The van der Waals surface area contributed by atoms with Gasteiger partial charge in [-0.2, -0.15) is 0 Å². The van der Waals surface area contributed by atoms with E-state index in [1.165, 1.54) is 11.8 Å². The second-order valence-electron chi connectivity index (χ2n) is 6.80.